The van der Waals surface area contributed by atoms with Gasteiger partial charge >= 0.3 is 0 Å². The summed E-state index contributed by atoms with van der Waals surface area (Å²) in [6.07, 6.45) is -0.518. The maximum atomic E-state index is 9.44. The summed E-state index contributed by atoms with van der Waals surface area (Å²) < 4.78 is 5.45. The molecule has 1 N–H and O–H groups in total. The first-order valence-electron chi connectivity index (χ1n) is 5.57. The van der Waals surface area contributed by atoms with Crippen LogP contribution in [0.4, 0.5) is 0 Å². The second kappa shape index (κ2) is 5.29. The standard InChI is InChI=1S/C13H15NO2S/c1-3-16-11-6-4-5-10(7-11)13-14-12(8-17-13)9(2)15/h4-9,15H,3H2,1-2H3. The Bertz CT molecular complexity index is 494. The van der Waals surface area contributed by atoms with E-state index in [2.05, 4.69) is 4.98 Å². The monoisotopic (exact) mass is 249 g/mol. The van der Waals surface area contributed by atoms with Crippen molar-refractivity contribution in [2.75, 3.05) is 6.61 Å². The molecule has 0 aliphatic carbocycles. The number of nitrogens with zero attached hydrogens (tertiary/aromatic N) is 1. The third-order valence-electron chi connectivity index (χ3n) is 2.34. The average Bonchev–Trinajstić information content (AvgIpc) is 2.79. The molecule has 17 heavy (non-hydrogen) atoms. The molecule has 0 fully saturated rings. The van der Waals surface area contributed by atoms with E-state index in [1.165, 1.54) is 11.3 Å². The van der Waals surface area contributed by atoms with Gasteiger partial charge in [0.05, 0.1) is 18.4 Å². The van der Waals surface area contributed by atoms with Gasteiger partial charge in [0, 0.05) is 10.9 Å². The minimum absolute atomic E-state index is 0.518. The number of aliphatic hydroxyl groups excluding tert-OH is 1. The molecule has 1 aromatic heterocycles. The zero-order valence-electron chi connectivity index (χ0n) is 9.88. The molecule has 2 rings (SSSR count). The van der Waals surface area contributed by atoms with Crippen LogP contribution in [0, 0.1) is 0 Å². The third-order valence-corrected chi connectivity index (χ3v) is 3.25. The van der Waals surface area contributed by atoms with Gasteiger partial charge in [-0.15, -0.1) is 11.3 Å². The predicted octanol–water partition coefficient (Wildman–Crippen LogP) is 3.26. The first-order valence-corrected chi connectivity index (χ1v) is 6.45. The van der Waals surface area contributed by atoms with Crippen LogP contribution in [-0.2, 0) is 0 Å². The second-order valence-corrected chi connectivity index (χ2v) is 4.57. The van der Waals surface area contributed by atoms with Gasteiger partial charge < -0.3 is 9.84 Å². The number of hydrogen-bond donors (Lipinski definition) is 1. The van der Waals surface area contributed by atoms with Crippen molar-refractivity contribution in [2.45, 2.75) is 20.0 Å². The van der Waals surface area contributed by atoms with Crippen molar-refractivity contribution in [3.63, 3.8) is 0 Å². The Labute approximate surface area is 105 Å². The fraction of sp³-hybridized carbons (Fsp3) is 0.308. The number of aliphatic hydroxyl groups is 1. The normalized spacial score (nSPS) is 12.4. The largest absolute Gasteiger partial charge is 0.494 e. The molecule has 0 amide bonds. The summed E-state index contributed by atoms with van der Waals surface area (Å²) >= 11 is 1.53. The minimum atomic E-state index is -0.518. The Morgan fingerprint density at radius 2 is 2.29 bits per heavy atom. The summed E-state index contributed by atoms with van der Waals surface area (Å²) in [4.78, 5) is 4.39. The van der Waals surface area contributed by atoms with Crippen molar-refractivity contribution in [1.29, 1.82) is 0 Å². The molecule has 0 saturated carbocycles. The first kappa shape index (κ1) is 12.1. The van der Waals surface area contributed by atoms with Crippen molar-refractivity contribution in [3.8, 4) is 16.3 Å². The summed E-state index contributed by atoms with van der Waals surface area (Å²) in [6, 6.07) is 7.83. The van der Waals surface area contributed by atoms with Gasteiger partial charge in [0.25, 0.3) is 0 Å². The lowest BCUT2D eigenvalue weighted by atomic mass is 10.2. The van der Waals surface area contributed by atoms with E-state index in [9.17, 15) is 5.11 Å². The predicted molar refractivity (Wildman–Crippen MR) is 69.4 cm³/mol. The number of benzene rings is 1. The van der Waals surface area contributed by atoms with E-state index >= 15 is 0 Å². The molecule has 0 radical (unpaired) electrons. The second-order valence-electron chi connectivity index (χ2n) is 3.71. The Hall–Kier alpha value is -1.39. The van der Waals surface area contributed by atoms with Crippen LogP contribution in [0.25, 0.3) is 10.6 Å². The lowest BCUT2D eigenvalue weighted by Gasteiger charge is -2.04. The smallest absolute Gasteiger partial charge is 0.123 e. The highest BCUT2D eigenvalue weighted by Crippen LogP contribution is 2.28. The average molecular weight is 249 g/mol. The van der Waals surface area contributed by atoms with Gasteiger partial charge in [0.15, 0.2) is 0 Å². The van der Waals surface area contributed by atoms with Crippen LogP contribution in [0.2, 0.25) is 0 Å². The van der Waals surface area contributed by atoms with E-state index < -0.39 is 6.10 Å². The molecule has 0 spiro atoms. The highest BCUT2D eigenvalue weighted by molar-refractivity contribution is 7.13. The minimum Gasteiger partial charge on any atom is -0.494 e. The third kappa shape index (κ3) is 2.84. The van der Waals surface area contributed by atoms with E-state index in [-0.39, 0.29) is 0 Å². The molecular weight excluding hydrogens is 234 g/mol. The molecule has 0 bridgehead atoms. The molecular formula is C13H15NO2S. The maximum absolute atomic E-state index is 9.44. The fourth-order valence-corrected chi connectivity index (χ4v) is 2.40. The van der Waals surface area contributed by atoms with Gasteiger partial charge in [-0.2, -0.15) is 0 Å². The molecule has 0 aliphatic rings. The first-order chi connectivity index (χ1) is 8.20. The Morgan fingerprint density at radius 3 is 2.94 bits per heavy atom. The van der Waals surface area contributed by atoms with Gasteiger partial charge in [-0.3, -0.25) is 0 Å². The van der Waals surface area contributed by atoms with Gasteiger partial charge in [-0.25, -0.2) is 4.98 Å². The van der Waals surface area contributed by atoms with E-state index in [1.54, 1.807) is 6.92 Å². The summed E-state index contributed by atoms with van der Waals surface area (Å²) in [7, 11) is 0. The van der Waals surface area contributed by atoms with E-state index in [1.807, 2.05) is 36.6 Å². The van der Waals surface area contributed by atoms with Crippen LogP contribution in [-0.4, -0.2) is 16.7 Å². The van der Waals surface area contributed by atoms with Crippen molar-refractivity contribution in [1.82, 2.24) is 4.98 Å². The highest BCUT2D eigenvalue weighted by Gasteiger charge is 2.08. The van der Waals surface area contributed by atoms with Crippen LogP contribution in [0.3, 0.4) is 0 Å². The number of rotatable bonds is 4. The molecule has 90 valence electrons. The zero-order chi connectivity index (χ0) is 12.3. The Morgan fingerprint density at radius 1 is 1.47 bits per heavy atom. The topological polar surface area (TPSA) is 42.4 Å². The number of aromatic nitrogens is 1. The molecule has 3 nitrogen and oxygen atoms in total. The van der Waals surface area contributed by atoms with Crippen molar-refractivity contribution >= 4 is 11.3 Å². The zero-order valence-corrected chi connectivity index (χ0v) is 10.7. The molecule has 1 unspecified atom stereocenters. The summed E-state index contributed by atoms with van der Waals surface area (Å²) in [5.74, 6) is 0.846. The summed E-state index contributed by atoms with van der Waals surface area (Å²) in [6.45, 7) is 4.33. The highest BCUT2D eigenvalue weighted by atomic mass is 32.1. The van der Waals surface area contributed by atoms with Gasteiger partial charge in [0.2, 0.25) is 0 Å². The van der Waals surface area contributed by atoms with Gasteiger partial charge in [-0.05, 0) is 26.0 Å². The van der Waals surface area contributed by atoms with Crippen LogP contribution >= 0.6 is 11.3 Å². The number of thiazole rings is 1. The lowest BCUT2D eigenvalue weighted by molar-refractivity contribution is 0.195. The van der Waals surface area contributed by atoms with E-state index in [0.29, 0.717) is 12.3 Å². The van der Waals surface area contributed by atoms with Gasteiger partial charge in [-0.1, -0.05) is 12.1 Å². The van der Waals surface area contributed by atoms with Gasteiger partial charge in [0.1, 0.15) is 10.8 Å². The Balaban J connectivity index is 2.28. The quantitative estimate of drug-likeness (QED) is 0.904. The Kier molecular flexibility index (Phi) is 3.76. The molecule has 2 aromatic rings. The van der Waals surface area contributed by atoms with Crippen LogP contribution < -0.4 is 4.74 Å². The van der Waals surface area contributed by atoms with Crippen molar-refractivity contribution < 1.29 is 9.84 Å². The molecule has 4 heteroatoms. The van der Waals surface area contributed by atoms with E-state index in [0.717, 1.165) is 16.3 Å². The maximum Gasteiger partial charge on any atom is 0.123 e. The summed E-state index contributed by atoms with van der Waals surface area (Å²) in [5, 5.41) is 12.2. The molecule has 0 aliphatic heterocycles. The fourth-order valence-electron chi connectivity index (χ4n) is 1.50. The number of hydrogen-bond acceptors (Lipinski definition) is 4. The lowest BCUT2D eigenvalue weighted by Crippen LogP contribution is -1.92. The molecule has 0 saturated heterocycles. The summed E-state index contributed by atoms with van der Waals surface area (Å²) in [5.41, 5.74) is 1.74. The van der Waals surface area contributed by atoms with Crippen molar-refractivity contribution in [3.05, 3.63) is 35.3 Å². The van der Waals surface area contributed by atoms with Crippen molar-refractivity contribution in [2.24, 2.45) is 0 Å². The SMILES string of the molecule is CCOc1cccc(-c2nc(C(C)O)cs2)c1. The molecule has 1 aromatic carbocycles. The van der Waals surface area contributed by atoms with Crippen LogP contribution in [0.15, 0.2) is 29.6 Å². The van der Waals surface area contributed by atoms with Crippen LogP contribution in [0.1, 0.15) is 25.6 Å². The molecule has 1 heterocycles. The van der Waals surface area contributed by atoms with Crippen LogP contribution in [0.5, 0.6) is 5.75 Å². The van der Waals surface area contributed by atoms with E-state index in [4.69, 9.17) is 4.74 Å². The number of ether oxygens (including phenoxy) is 1. The molecule has 1 atom stereocenters.